The number of benzene rings is 7. The van der Waals surface area contributed by atoms with Crippen LogP contribution in [0.4, 0.5) is 45.5 Å². The summed E-state index contributed by atoms with van der Waals surface area (Å²) in [6.07, 6.45) is 0. The maximum Gasteiger partial charge on any atom is 0.296 e. The zero-order valence-electron chi connectivity index (χ0n) is 34.3. The smallest absolute Gasteiger partial charge is 0.296 e. The SMILES string of the molecule is COc1ccc(Nc2ccc3c(O)c(N=Nc4cc(C)c(N=Nc5ccc(N=Nc6ccc(OC)cc6S(=O)(=O)O)c6cc(S(=O)(=O)O)ccc56)cc4OC)c(S(=O)(=O)O)cc3c2)cc1. The van der Waals surface area contributed by atoms with E-state index in [1.165, 1.54) is 56.7 Å². The first kappa shape index (κ1) is 45.6. The van der Waals surface area contributed by atoms with Gasteiger partial charge < -0.3 is 24.6 Å². The van der Waals surface area contributed by atoms with Crippen LogP contribution in [0, 0.1) is 6.92 Å². The van der Waals surface area contributed by atoms with Gasteiger partial charge in [0, 0.05) is 39.7 Å². The molecule has 0 amide bonds. The summed E-state index contributed by atoms with van der Waals surface area (Å²) < 4.78 is 119. The molecule has 23 heteroatoms. The number of aromatic hydroxyl groups is 1. The van der Waals surface area contributed by atoms with E-state index >= 15 is 0 Å². The Morgan fingerprint density at radius 1 is 0.477 bits per heavy atom. The summed E-state index contributed by atoms with van der Waals surface area (Å²) >= 11 is 0. The summed E-state index contributed by atoms with van der Waals surface area (Å²) in [5.74, 6) is 0.299. The van der Waals surface area contributed by atoms with Gasteiger partial charge >= 0.3 is 0 Å². The molecule has 0 aliphatic carbocycles. The molecule has 0 heterocycles. The summed E-state index contributed by atoms with van der Waals surface area (Å²) in [6.45, 7) is 1.65. The van der Waals surface area contributed by atoms with Crippen molar-refractivity contribution < 1.29 is 58.2 Å². The number of rotatable bonds is 14. The van der Waals surface area contributed by atoms with Gasteiger partial charge in [-0.15, -0.1) is 25.6 Å². The molecule has 5 N–H and O–H groups in total. The first-order valence-electron chi connectivity index (χ1n) is 18.6. The molecular weight excluding hydrogens is 907 g/mol. The van der Waals surface area contributed by atoms with Gasteiger partial charge in [-0.25, -0.2) is 0 Å². The fourth-order valence-electron chi connectivity index (χ4n) is 6.44. The van der Waals surface area contributed by atoms with Gasteiger partial charge in [0.25, 0.3) is 30.4 Å². The van der Waals surface area contributed by atoms with Crippen LogP contribution >= 0.6 is 0 Å². The highest BCUT2D eigenvalue weighted by atomic mass is 32.2. The number of anilines is 2. The lowest BCUT2D eigenvalue weighted by atomic mass is 10.1. The molecular formula is C42H35N7O13S3. The molecule has 7 rings (SSSR count). The summed E-state index contributed by atoms with van der Waals surface area (Å²) in [7, 11) is -10.2. The van der Waals surface area contributed by atoms with Crippen LogP contribution in [-0.2, 0) is 30.4 Å². The van der Waals surface area contributed by atoms with Crippen molar-refractivity contribution in [1.82, 2.24) is 0 Å². The minimum atomic E-state index is -4.94. The van der Waals surface area contributed by atoms with Gasteiger partial charge in [-0.2, -0.15) is 30.4 Å². The molecule has 0 spiro atoms. The third-order valence-electron chi connectivity index (χ3n) is 9.68. The monoisotopic (exact) mass is 941 g/mol. The van der Waals surface area contributed by atoms with Crippen molar-refractivity contribution in [2.75, 3.05) is 26.6 Å². The van der Waals surface area contributed by atoms with E-state index in [9.17, 15) is 44.0 Å². The van der Waals surface area contributed by atoms with Gasteiger partial charge in [-0.1, -0.05) is 6.07 Å². The number of ether oxygens (including phenoxy) is 3. The minimum Gasteiger partial charge on any atom is -0.505 e. The Morgan fingerprint density at radius 3 is 1.68 bits per heavy atom. The number of methoxy groups -OCH3 is 3. The standard InChI is InChI=1S/C42H35N7O13S3/c1-23-17-37(48-49-41-40(65(57,58)59)19-24-18-26(7-12-30(24)42(41)50)43-25-5-8-27(60-2)9-6-25)38(62-4)22-36(23)47-44-33-15-16-34(32-21-29(63(51,52)53)11-13-31(32)33)45-46-35-14-10-28(61-3)20-39(35)64(54,55)56/h5-22,43,50H,1-4H3,(H,51,52,53)(H,54,55,56)(H,57,58,59). The molecule has 0 bridgehead atoms. The van der Waals surface area contributed by atoms with Crippen LogP contribution in [0.1, 0.15) is 5.56 Å². The summed E-state index contributed by atoms with van der Waals surface area (Å²) in [4.78, 5) is -1.80. The van der Waals surface area contributed by atoms with Crippen molar-refractivity contribution in [2.45, 2.75) is 21.6 Å². The van der Waals surface area contributed by atoms with Crippen LogP contribution in [0.15, 0.2) is 155 Å². The molecule has 65 heavy (non-hydrogen) atoms. The number of fused-ring (bicyclic) bond motifs is 2. The lowest BCUT2D eigenvalue weighted by molar-refractivity contribution is 0.412. The van der Waals surface area contributed by atoms with Crippen LogP contribution in [0.5, 0.6) is 23.0 Å². The van der Waals surface area contributed by atoms with Crippen LogP contribution in [0.3, 0.4) is 0 Å². The van der Waals surface area contributed by atoms with Gasteiger partial charge in [0.05, 0.1) is 43.3 Å². The third kappa shape index (κ3) is 10.0. The Labute approximate surface area is 370 Å². The number of hydrogen-bond acceptors (Lipinski definition) is 17. The first-order valence-corrected chi connectivity index (χ1v) is 22.9. The van der Waals surface area contributed by atoms with E-state index in [4.69, 9.17) is 14.2 Å². The number of phenols is 1. The van der Waals surface area contributed by atoms with Gasteiger partial charge in [-0.3, -0.25) is 13.7 Å². The fourth-order valence-corrected chi connectivity index (χ4v) is 8.24. The molecule has 7 aromatic rings. The molecule has 0 saturated carbocycles. The van der Waals surface area contributed by atoms with Crippen LogP contribution < -0.4 is 19.5 Å². The topological polar surface area (TPSA) is 297 Å². The molecule has 334 valence electrons. The van der Waals surface area contributed by atoms with Gasteiger partial charge in [0.15, 0.2) is 5.75 Å². The molecule has 0 aromatic heterocycles. The van der Waals surface area contributed by atoms with Crippen LogP contribution in [0.2, 0.25) is 0 Å². The minimum absolute atomic E-state index is 0.0233. The van der Waals surface area contributed by atoms with E-state index in [-0.39, 0.29) is 61.5 Å². The predicted octanol–water partition coefficient (Wildman–Crippen LogP) is 10.8. The van der Waals surface area contributed by atoms with Gasteiger partial charge in [0.1, 0.15) is 44.1 Å². The Bertz CT molecular complexity index is 3480. The summed E-state index contributed by atoms with van der Waals surface area (Å²) in [5.41, 5.74) is 1.49. The molecule has 20 nitrogen and oxygen atoms in total. The van der Waals surface area contributed by atoms with Crippen molar-refractivity contribution in [3.63, 3.8) is 0 Å². The number of nitrogens with one attached hydrogen (secondary N) is 1. The predicted molar refractivity (Wildman–Crippen MR) is 239 cm³/mol. The molecule has 0 fully saturated rings. The van der Waals surface area contributed by atoms with Crippen molar-refractivity contribution in [1.29, 1.82) is 0 Å². The second-order valence-electron chi connectivity index (χ2n) is 13.8. The number of hydrogen-bond donors (Lipinski definition) is 5. The van der Waals surface area contributed by atoms with Crippen molar-refractivity contribution in [3.8, 4) is 23.0 Å². The zero-order valence-corrected chi connectivity index (χ0v) is 36.7. The van der Waals surface area contributed by atoms with E-state index < -0.39 is 56.5 Å². The molecule has 0 atom stereocenters. The highest BCUT2D eigenvalue weighted by Gasteiger charge is 2.23. The van der Waals surface area contributed by atoms with Crippen LogP contribution in [-0.4, -0.2) is 65.3 Å². The largest absolute Gasteiger partial charge is 0.505 e. The quantitative estimate of drug-likeness (QED) is 0.0500. The normalized spacial score (nSPS) is 12.5. The molecule has 0 aliphatic heterocycles. The lowest BCUT2D eigenvalue weighted by Crippen LogP contribution is -1.99. The highest BCUT2D eigenvalue weighted by Crippen LogP contribution is 2.44. The maximum absolute atomic E-state index is 12.6. The average Bonchev–Trinajstić information content (AvgIpc) is 3.26. The van der Waals surface area contributed by atoms with E-state index in [2.05, 4.69) is 36.0 Å². The van der Waals surface area contributed by atoms with E-state index in [0.29, 0.717) is 22.7 Å². The average molecular weight is 942 g/mol. The molecule has 0 saturated heterocycles. The summed E-state index contributed by atoms with van der Waals surface area (Å²) in [5, 5.41) is 40.4. The molecule has 0 unspecified atom stereocenters. The van der Waals surface area contributed by atoms with Crippen molar-refractivity contribution >= 4 is 97.4 Å². The number of nitrogens with zero attached hydrogens (tertiary/aromatic N) is 6. The Kier molecular flexibility index (Phi) is 12.6. The second kappa shape index (κ2) is 18.0. The Balaban J connectivity index is 1.22. The zero-order chi connectivity index (χ0) is 46.8. The first-order chi connectivity index (χ1) is 30.8. The Hall–Kier alpha value is -7.41. The van der Waals surface area contributed by atoms with E-state index in [1.54, 1.807) is 56.5 Å². The molecule has 0 radical (unpaired) electrons. The van der Waals surface area contributed by atoms with Gasteiger partial charge in [0.2, 0.25) is 0 Å². The fraction of sp³-hybridized carbons (Fsp3) is 0.0952. The maximum atomic E-state index is 12.6. The van der Waals surface area contributed by atoms with Crippen molar-refractivity contribution in [2.24, 2.45) is 30.7 Å². The summed E-state index contributed by atoms with van der Waals surface area (Å²) in [6, 6.07) is 26.1. The molecule has 0 aliphatic rings. The van der Waals surface area contributed by atoms with Crippen LogP contribution in [0.25, 0.3) is 21.5 Å². The number of phenolic OH excluding ortho intramolecular Hbond substituents is 1. The van der Waals surface area contributed by atoms with Crippen molar-refractivity contribution in [3.05, 3.63) is 115 Å². The second-order valence-corrected chi connectivity index (χ2v) is 18.0. The lowest BCUT2D eigenvalue weighted by Gasteiger charge is -2.12. The third-order valence-corrected chi connectivity index (χ3v) is 12.3. The molecule has 7 aromatic carbocycles. The Morgan fingerprint density at radius 2 is 1.05 bits per heavy atom. The number of azo groups is 3. The van der Waals surface area contributed by atoms with E-state index in [1.807, 2.05) is 0 Å². The highest BCUT2D eigenvalue weighted by molar-refractivity contribution is 7.86. The van der Waals surface area contributed by atoms with Gasteiger partial charge in [-0.05, 0) is 109 Å². The number of aryl methyl sites for hydroxylation is 1. The van der Waals surface area contributed by atoms with E-state index in [0.717, 1.165) is 24.3 Å².